The third-order valence-electron chi connectivity index (χ3n) is 3.61. The van der Waals surface area contributed by atoms with Crippen LogP contribution in [-0.4, -0.2) is 23.7 Å². The Labute approximate surface area is 118 Å². The van der Waals surface area contributed by atoms with Crippen LogP contribution in [0.15, 0.2) is 60.8 Å². The summed E-state index contributed by atoms with van der Waals surface area (Å²) in [5.74, 6) is 0. The maximum Gasteiger partial charge on any atom is 0.0964 e. The number of hydrogen-bond acceptors (Lipinski definition) is 2. The van der Waals surface area contributed by atoms with Gasteiger partial charge in [0.05, 0.1) is 11.8 Å². The fourth-order valence-corrected chi connectivity index (χ4v) is 2.51. The van der Waals surface area contributed by atoms with Crippen LogP contribution in [0.2, 0.25) is 0 Å². The minimum Gasteiger partial charge on any atom is -0.387 e. The molecule has 102 valence electrons. The van der Waals surface area contributed by atoms with Gasteiger partial charge in [0.2, 0.25) is 0 Å². The average Bonchev–Trinajstić information content (AvgIpc) is 2.92. The van der Waals surface area contributed by atoms with E-state index in [1.54, 1.807) is 0 Å². The molecule has 3 nitrogen and oxygen atoms in total. The molecule has 20 heavy (non-hydrogen) atoms. The number of nitrogens with zero attached hydrogens (tertiary/aromatic N) is 1. The molecule has 1 atom stereocenters. The van der Waals surface area contributed by atoms with Crippen molar-refractivity contribution >= 4 is 16.6 Å². The lowest BCUT2D eigenvalue weighted by Gasteiger charge is -2.22. The first-order chi connectivity index (χ1) is 9.75. The topological polar surface area (TPSA) is 39.3 Å². The summed E-state index contributed by atoms with van der Waals surface area (Å²) in [7, 11) is 2.00. The number of aliphatic hydroxyl groups excluding tert-OH is 1. The molecule has 0 radical (unpaired) electrons. The molecule has 0 spiro atoms. The van der Waals surface area contributed by atoms with Crippen LogP contribution in [0.25, 0.3) is 10.9 Å². The van der Waals surface area contributed by atoms with E-state index >= 15 is 0 Å². The van der Waals surface area contributed by atoms with E-state index in [1.807, 2.05) is 55.7 Å². The summed E-state index contributed by atoms with van der Waals surface area (Å²) < 4.78 is 0. The van der Waals surface area contributed by atoms with E-state index in [4.69, 9.17) is 0 Å². The molecule has 0 bridgehead atoms. The number of fused-ring (bicyclic) bond motifs is 1. The minimum atomic E-state index is -0.491. The monoisotopic (exact) mass is 266 g/mol. The lowest BCUT2D eigenvalue weighted by atomic mass is 10.1. The van der Waals surface area contributed by atoms with Crippen molar-refractivity contribution in [3.05, 3.63) is 66.4 Å². The highest BCUT2D eigenvalue weighted by atomic mass is 16.3. The molecule has 1 aromatic heterocycles. The molecule has 0 amide bonds. The zero-order valence-electron chi connectivity index (χ0n) is 11.5. The Hall–Kier alpha value is -2.26. The SMILES string of the molecule is CN(CC(O)c1ccccc1)c1c[nH]c2ccccc12. The average molecular weight is 266 g/mol. The van der Waals surface area contributed by atoms with Crippen molar-refractivity contribution in [2.45, 2.75) is 6.10 Å². The predicted molar refractivity (Wildman–Crippen MR) is 83.0 cm³/mol. The van der Waals surface area contributed by atoms with Gasteiger partial charge in [-0.25, -0.2) is 0 Å². The van der Waals surface area contributed by atoms with Gasteiger partial charge in [-0.3, -0.25) is 0 Å². The van der Waals surface area contributed by atoms with Gasteiger partial charge in [0.25, 0.3) is 0 Å². The Morgan fingerprint density at radius 2 is 1.75 bits per heavy atom. The summed E-state index contributed by atoms with van der Waals surface area (Å²) in [6.45, 7) is 0.561. The predicted octanol–water partition coefficient (Wildman–Crippen LogP) is 3.34. The number of anilines is 1. The number of benzene rings is 2. The quantitative estimate of drug-likeness (QED) is 0.760. The summed E-state index contributed by atoms with van der Waals surface area (Å²) in [6.07, 6.45) is 1.50. The van der Waals surface area contributed by atoms with Crippen molar-refractivity contribution in [2.75, 3.05) is 18.5 Å². The van der Waals surface area contributed by atoms with Crippen molar-refractivity contribution in [1.82, 2.24) is 4.98 Å². The van der Waals surface area contributed by atoms with Crippen LogP contribution >= 0.6 is 0 Å². The number of para-hydroxylation sites is 1. The van der Waals surface area contributed by atoms with Crippen molar-refractivity contribution in [3.8, 4) is 0 Å². The number of likely N-dealkylation sites (N-methyl/N-ethyl adjacent to an activating group) is 1. The van der Waals surface area contributed by atoms with Gasteiger partial charge in [0.15, 0.2) is 0 Å². The van der Waals surface area contributed by atoms with Gasteiger partial charge in [-0.1, -0.05) is 48.5 Å². The van der Waals surface area contributed by atoms with Gasteiger partial charge >= 0.3 is 0 Å². The van der Waals surface area contributed by atoms with Crippen LogP contribution < -0.4 is 4.90 Å². The number of aliphatic hydroxyl groups is 1. The number of hydrogen-bond donors (Lipinski definition) is 2. The van der Waals surface area contributed by atoms with E-state index in [0.29, 0.717) is 6.54 Å². The molecule has 3 rings (SSSR count). The van der Waals surface area contributed by atoms with Crippen molar-refractivity contribution in [2.24, 2.45) is 0 Å². The standard InChI is InChI=1S/C17H18N2O/c1-19(12-17(20)13-7-3-2-4-8-13)16-11-18-15-10-6-5-9-14(15)16/h2-11,17-18,20H,12H2,1H3. The molecule has 0 aliphatic carbocycles. The fourth-order valence-electron chi connectivity index (χ4n) is 2.51. The molecule has 3 heteroatoms. The van der Waals surface area contributed by atoms with E-state index in [2.05, 4.69) is 22.0 Å². The van der Waals surface area contributed by atoms with Crippen molar-refractivity contribution < 1.29 is 5.11 Å². The maximum absolute atomic E-state index is 10.3. The van der Waals surface area contributed by atoms with E-state index in [9.17, 15) is 5.11 Å². The zero-order valence-corrected chi connectivity index (χ0v) is 11.5. The number of rotatable bonds is 4. The second kappa shape index (κ2) is 5.39. The number of aromatic amines is 1. The molecule has 2 N–H and O–H groups in total. The Morgan fingerprint density at radius 1 is 1.05 bits per heavy atom. The smallest absolute Gasteiger partial charge is 0.0964 e. The summed E-state index contributed by atoms with van der Waals surface area (Å²) in [5.41, 5.74) is 3.17. The third-order valence-corrected chi connectivity index (χ3v) is 3.61. The maximum atomic E-state index is 10.3. The first-order valence-corrected chi connectivity index (χ1v) is 6.76. The summed E-state index contributed by atoms with van der Waals surface area (Å²) in [6, 6.07) is 17.9. The van der Waals surface area contributed by atoms with Crippen molar-refractivity contribution in [1.29, 1.82) is 0 Å². The fraction of sp³-hybridized carbons (Fsp3) is 0.176. The molecule has 1 heterocycles. The van der Waals surface area contributed by atoms with Crippen molar-refractivity contribution in [3.63, 3.8) is 0 Å². The van der Waals surface area contributed by atoms with E-state index in [1.165, 1.54) is 5.39 Å². The summed E-state index contributed by atoms with van der Waals surface area (Å²) >= 11 is 0. The van der Waals surface area contributed by atoms with Gasteiger partial charge < -0.3 is 15.0 Å². The molecule has 0 aliphatic rings. The molecule has 0 aliphatic heterocycles. The highest BCUT2D eigenvalue weighted by Gasteiger charge is 2.13. The van der Waals surface area contributed by atoms with Crippen LogP contribution in [0.3, 0.4) is 0 Å². The van der Waals surface area contributed by atoms with Gasteiger partial charge in [-0.05, 0) is 11.6 Å². The molecule has 1 unspecified atom stereocenters. The van der Waals surface area contributed by atoms with E-state index < -0.39 is 6.10 Å². The Balaban J connectivity index is 1.81. The Kier molecular flexibility index (Phi) is 3.44. The van der Waals surface area contributed by atoms with Crippen LogP contribution in [0.4, 0.5) is 5.69 Å². The zero-order chi connectivity index (χ0) is 13.9. The molecular formula is C17H18N2O. The molecule has 2 aromatic carbocycles. The Bertz CT molecular complexity index is 690. The van der Waals surface area contributed by atoms with Crippen LogP contribution in [0, 0.1) is 0 Å². The third kappa shape index (κ3) is 2.40. The highest BCUT2D eigenvalue weighted by Crippen LogP contribution is 2.27. The van der Waals surface area contributed by atoms with Gasteiger partial charge in [-0.2, -0.15) is 0 Å². The largest absolute Gasteiger partial charge is 0.387 e. The van der Waals surface area contributed by atoms with E-state index in [-0.39, 0.29) is 0 Å². The molecule has 0 fully saturated rings. The van der Waals surface area contributed by atoms with Crippen LogP contribution in [0.5, 0.6) is 0 Å². The number of aromatic nitrogens is 1. The molecule has 0 saturated heterocycles. The van der Waals surface area contributed by atoms with Gasteiger partial charge in [0.1, 0.15) is 0 Å². The van der Waals surface area contributed by atoms with E-state index in [0.717, 1.165) is 16.8 Å². The van der Waals surface area contributed by atoms with Gasteiger partial charge in [0, 0.05) is 30.7 Å². The first kappa shape index (κ1) is 12.8. The second-order valence-corrected chi connectivity index (χ2v) is 5.03. The summed E-state index contributed by atoms with van der Waals surface area (Å²) in [5, 5.41) is 11.5. The lowest BCUT2D eigenvalue weighted by molar-refractivity contribution is 0.185. The number of nitrogens with one attached hydrogen (secondary N) is 1. The van der Waals surface area contributed by atoms with Crippen LogP contribution in [-0.2, 0) is 0 Å². The molecule has 0 saturated carbocycles. The van der Waals surface area contributed by atoms with Crippen LogP contribution in [0.1, 0.15) is 11.7 Å². The Morgan fingerprint density at radius 3 is 2.55 bits per heavy atom. The van der Waals surface area contributed by atoms with Gasteiger partial charge in [-0.15, -0.1) is 0 Å². The molecule has 3 aromatic rings. The minimum absolute atomic E-state index is 0.491. The summed E-state index contributed by atoms with van der Waals surface area (Å²) in [4.78, 5) is 5.34. The first-order valence-electron chi connectivity index (χ1n) is 6.76. The highest BCUT2D eigenvalue weighted by molar-refractivity contribution is 5.92. The molecular weight excluding hydrogens is 248 g/mol. The normalized spacial score (nSPS) is 12.5. The lowest BCUT2D eigenvalue weighted by Crippen LogP contribution is -2.23. The number of H-pyrrole nitrogens is 1. The second-order valence-electron chi connectivity index (χ2n) is 5.03.